The van der Waals surface area contributed by atoms with Crippen LogP contribution >= 0.6 is 0 Å². The maximum absolute atomic E-state index is 3.56. The number of anilines is 5. The second-order valence-corrected chi connectivity index (χ2v) is 12.8. The van der Waals surface area contributed by atoms with Crippen molar-refractivity contribution in [1.82, 2.24) is 0 Å². The minimum absolute atomic E-state index is 1.08. The van der Waals surface area contributed by atoms with Gasteiger partial charge in [0.2, 0.25) is 0 Å². The highest BCUT2D eigenvalue weighted by molar-refractivity contribution is 5.89. The molecule has 0 spiro atoms. The van der Waals surface area contributed by atoms with Crippen LogP contribution in [0.4, 0.5) is 28.4 Å². The number of fused-ring (bicyclic) bond motifs is 1. The fraction of sp³-hybridized carbons (Fsp3) is 0. The molecule has 0 heterocycles. The van der Waals surface area contributed by atoms with Crippen LogP contribution in [-0.2, 0) is 0 Å². The lowest BCUT2D eigenvalue weighted by atomic mass is 10.0. The van der Waals surface area contributed by atoms with Crippen LogP contribution in [0.2, 0.25) is 0 Å². The van der Waals surface area contributed by atoms with E-state index in [0.29, 0.717) is 0 Å². The van der Waals surface area contributed by atoms with Crippen molar-refractivity contribution in [3.63, 3.8) is 0 Å². The van der Waals surface area contributed by atoms with Crippen molar-refractivity contribution in [2.45, 2.75) is 0 Å². The number of para-hydroxylation sites is 4. The largest absolute Gasteiger partial charge is 0.355 e. The van der Waals surface area contributed by atoms with Gasteiger partial charge in [-0.05, 0) is 105 Å². The first-order valence-electron chi connectivity index (χ1n) is 17.7. The van der Waals surface area contributed by atoms with Gasteiger partial charge in [-0.3, -0.25) is 0 Å². The van der Waals surface area contributed by atoms with Crippen LogP contribution < -0.4 is 10.2 Å². The van der Waals surface area contributed by atoms with Gasteiger partial charge >= 0.3 is 0 Å². The van der Waals surface area contributed by atoms with E-state index in [0.717, 1.165) is 34.0 Å². The third kappa shape index (κ3) is 7.62. The van der Waals surface area contributed by atoms with Gasteiger partial charge in [0.15, 0.2) is 0 Å². The first kappa shape index (κ1) is 32.3. The molecule has 52 heavy (non-hydrogen) atoms. The smallest absolute Gasteiger partial charge is 0.0463 e. The fourth-order valence-electron chi connectivity index (χ4n) is 6.51. The van der Waals surface area contributed by atoms with Crippen LogP contribution in [0.3, 0.4) is 0 Å². The van der Waals surface area contributed by atoms with Gasteiger partial charge in [-0.15, -0.1) is 0 Å². The molecule has 0 aromatic heterocycles. The molecule has 248 valence electrons. The summed E-state index contributed by atoms with van der Waals surface area (Å²) in [6.07, 6.45) is 8.74. The number of nitrogens with zero attached hydrogens (tertiary/aromatic N) is 1. The van der Waals surface area contributed by atoms with Crippen molar-refractivity contribution in [1.29, 1.82) is 0 Å². The van der Waals surface area contributed by atoms with E-state index < -0.39 is 0 Å². The van der Waals surface area contributed by atoms with Crippen molar-refractivity contribution in [3.05, 3.63) is 222 Å². The maximum atomic E-state index is 3.56. The minimum atomic E-state index is 1.08. The standard InChI is InChI=1S/C50H38N2/c1-4-12-45(13-5-1)51-50-19-11-10-18-49(50)42-30-24-38(25-31-42)20-22-40-26-32-44-37-41(27-33-43(44)36-40)23-21-39-28-34-48(35-29-39)52(46-14-6-2-7-15-46)47-16-8-3-9-17-47/h1-37,51H/b22-20+,23-21+. The van der Waals surface area contributed by atoms with Crippen molar-refractivity contribution in [2.75, 3.05) is 10.2 Å². The Morgan fingerprint density at radius 2 is 0.769 bits per heavy atom. The normalized spacial score (nSPS) is 11.3. The summed E-state index contributed by atoms with van der Waals surface area (Å²) in [6, 6.07) is 70.5. The Hall–Kier alpha value is -6.90. The summed E-state index contributed by atoms with van der Waals surface area (Å²) in [4.78, 5) is 2.28. The number of nitrogens with one attached hydrogen (secondary N) is 1. The summed E-state index contributed by atoms with van der Waals surface area (Å²) in [6.45, 7) is 0. The number of hydrogen-bond donors (Lipinski definition) is 1. The van der Waals surface area contributed by atoms with E-state index in [4.69, 9.17) is 0 Å². The highest BCUT2D eigenvalue weighted by Crippen LogP contribution is 2.35. The maximum Gasteiger partial charge on any atom is 0.0463 e. The minimum Gasteiger partial charge on any atom is -0.355 e. The van der Waals surface area contributed by atoms with E-state index in [1.165, 1.54) is 38.6 Å². The molecule has 8 rings (SSSR count). The fourth-order valence-corrected chi connectivity index (χ4v) is 6.51. The summed E-state index contributed by atoms with van der Waals surface area (Å²) in [7, 11) is 0. The molecule has 2 heteroatoms. The predicted molar refractivity (Wildman–Crippen MR) is 225 cm³/mol. The zero-order valence-electron chi connectivity index (χ0n) is 28.8. The van der Waals surface area contributed by atoms with E-state index in [2.05, 4.69) is 217 Å². The Kier molecular flexibility index (Phi) is 9.53. The molecular weight excluding hydrogens is 629 g/mol. The quantitative estimate of drug-likeness (QED) is 0.146. The van der Waals surface area contributed by atoms with Crippen LogP contribution in [0.25, 0.3) is 46.2 Å². The average Bonchev–Trinajstić information content (AvgIpc) is 3.21. The van der Waals surface area contributed by atoms with Gasteiger partial charge < -0.3 is 10.2 Å². The number of rotatable bonds is 10. The summed E-state index contributed by atoms with van der Waals surface area (Å²) < 4.78 is 0. The van der Waals surface area contributed by atoms with E-state index >= 15 is 0 Å². The molecule has 0 bridgehead atoms. The highest BCUT2D eigenvalue weighted by atomic mass is 15.1. The predicted octanol–water partition coefficient (Wildman–Crippen LogP) is 14.1. The average molecular weight is 667 g/mol. The Bertz CT molecular complexity index is 2410. The Balaban J connectivity index is 0.937. The molecule has 0 unspecified atom stereocenters. The van der Waals surface area contributed by atoms with Gasteiger partial charge in [-0.25, -0.2) is 0 Å². The molecule has 1 N–H and O–H groups in total. The lowest BCUT2D eigenvalue weighted by Crippen LogP contribution is -2.09. The van der Waals surface area contributed by atoms with Gasteiger partial charge in [0.05, 0.1) is 0 Å². The third-order valence-electron chi connectivity index (χ3n) is 9.21. The van der Waals surface area contributed by atoms with E-state index in [-0.39, 0.29) is 0 Å². The number of hydrogen-bond acceptors (Lipinski definition) is 2. The molecule has 0 saturated heterocycles. The molecular formula is C50H38N2. The molecule has 8 aromatic carbocycles. The number of benzene rings is 8. The Labute approximate surface area is 306 Å². The second-order valence-electron chi connectivity index (χ2n) is 12.8. The molecule has 0 aliphatic carbocycles. The van der Waals surface area contributed by atoms with Gasteiger partial charge in [0.25, 0.3) is 0 Å². The van der Waals surface area contributed by atoms with Crippen LogP contribution in [0.5, 0.6) is 0 Å². The molecule has 0 aliphatic rings. The summed E-state index contributed by atoms with van der Waals surface area (Å²) in [5.41, 5.74) is 12.6. The zero-order chi connectivity index (χ0) is 35.0. The molecule has 0 atom stereocenters. The van der Waals surface area contributed by atoms with Gasteiger partial charge in [-0.1, -0.05) is 158 Å². The second kappa shape index (κ2) is 15.3. The molecule has 0 aliphatic heterocycles. The lowest BCUT2D eigenvalue weighted by molar-refractivity contribution is 1.28. The van der Waals surface area contributed by atoms with Crippen molar-refractivity contribution in [2.24, 2.45) is 0 Å². The van der Waals surface area contributed by atoms with Gasteiger partial charge in [0.1, 0.15) is 0 Å². The van der Waals surface area contributed by atoms with Crippen molar-refractivity contribution in [3.8, 4) is 11.1 Å². The first-order chi connectivity index (χ1) is 25.7. The summed E-state index contributed by atoms with van der Waals surface area (Å²) in [5.74, 6) is 0. The van der Waals surface area contributed by atoms with E-state index in [1.807, 2.05) is 18.2 Å². The molecule has 0 fully saturated rings. The highest BCUT2D eigenvalue weighted by Gasteiger charge is 2.11. The molecule has 0 amide bonds. The molecule has 0 saturated carbocycles. The summed E-state index contributed by atoms with van der Waals surface area (Å²) in [5, 5.41) is 6.01. The van der Waals surface area contributed by atoms with Crippen molar-refractivity contribution < 1.29 is 0 Å². The lowest BCUT2D eigenvalue weighted by Gasteiger charge is -2.25. The third-order valence-corrected chi connectivity index (χ3v) is 9.21. The van der Waals surface area contributed by atoms with Crippen LogP contribution in [0.1, 0.15) is 22.3 Å². The summed E-state index contributed by atoms with van der Waals surface area (Å²) >= 11 is 0. The van der Waals surface area contributed by atoms with Crippen molar-refractivity contribution >= 4 is 63.5 Å². The molecule has 0 radical (unpaired) electrons. The van der Waals surface area contributed by atoms with Crippen LogP contribution in [0, 0.1) is 0 Å². The molecule has 2 nitrogen and oxygen atoms in total. The Morgan fingerprint density at radius 1 is 0.346 bits per heavy atom. The Morgan fingerprint density at radius 3 is 1.33 bits per heavy atom. The van der Waals surface area contributed by atoms with E-state index in [1.54, 1.807) is 0 Å². The SMILES string of the molecule is C(=C\c1ccc2cc(/C=C/c3ccc(N(c4ccccc4)c4ccccc4)cc3)ccc2c1)/c1ccc(-c2ccccc2Nc2ccccc2)cc1. The topological polar surface area (TPSA) is 15.3 Å². The van der Waals surface area contributed by atoms with Crippen LogP contribution in [-0.4, -0.2) is 0 Å². The van der Waals surface area contributed by atoms with Gasteiger partial charge in [-0.2, -0.15) is 0 Å². The first-order valence-corrected chi connectivity index (χ1v) is 17.7. The van der Waals surface area contributed by atoms with E-state index in [9.17, 15) is 0 Å². The monoisotopic (exact) mass is 666 g/mol. The van der Waals surface area contributed by atoms with Crippen LogP contribution in [0.15, 0.2) is 200 Å². The molecule has 8 aromatic rings. The zero-order valence-corrected chi connectivity index (χ0v) is 28.8. The van der Waals surface area contributed by atoms with Gasteiger partial charge in [0, 0.05) is 34.0 Å².